The van der Waals surface area contributed by atoms with Crippen LogP contribution < -0.4 is 0 Å². The fraction of sp³-hybridized carbons (Fsp3) is 0.800. The SMILES string of the molecule is BrC=[N+]1CCOCC1. The van der Waals surface area contributed by atoms with E-state index in [0.29, 0.717) is 0 Å². The zero-order valence-corrected chi connectivity index (χ0v) is 6.23. The molecule has 1 aliphatic heterocycles. The summed E-state index contributed by atoms with van der Waals surface area (Å²) in [7, 11) is 0. The number of halogens is 1. The minimum Gasteiger partial charge on any atom is -0.368 e. The van der Waals surface area contributed by atoms with E-state index in [1.165, 1.54) is 0 Å². The van der Waals surface area contributed by atoms with E-state index in [1.54, 1.807) is 0 Å². The van der Waals surface area contributed by atoms with E-state index in [4.69, 9.17) is 4.74 Å². The molecule has 0 bridgehead atoms. The Morgan fingerprint density at radius 3 is 2.38 bits per heavy atom. The van der Waals surface area contributed by atoms with Crippen LogP contribution in [0.15, 0.2) is 0 Å². The second-order valence-electron chi connectivity index (χ2n) is 1.75. The van der Waals surface area contributed by atoms with Gasteiger partial charge in [0.1, 0.15) is 13.2 Å². The molecule has 0 atom stereocenters. The van der Waals surface area contributed by atoms with Crippen LogP contribution in [0.3, 0.4) is 0 Å². The highest BCUT2D eigenvalue weighted by Gasteiger charge is 2.08. The molecule has 3 heteroatoms. The molecule has 1 rings (SSSR count). The highest BCUT2D eigenvalue weighted by atomic mass is 79.9. The van der Waals surface area contributed by atoms with E-state index >= 15 is 0 Å². The lowest BCUT2D eigenvalue weighted by Gasteiger charge is -2.08. The maximum atomic E-state index is 5.12. The fourth-order valence-electron chi connectivity index (χ4n) is 0.675. The van der Waals surface area contributed by atoms with Gasteiger partial charge in [-0.3, -0.25) is 0 Å². The van der Waals surface area contributed by atoms with Crippen LogP contribution in [0.4, 0.5) is 0 Å². The van der Waals surface area contributed by atoms with E-state index in [-0.39, 0.29) is 0 Å². The number of rotatable bonds is 0. The Labute approximate surface area is 57.3 Å². The van der Waals surface area contributed by atoms with Crippen LogP contribution in [0.1, 0.15) is 0 Å². The monoisotopic (exact) mass is 178 g/mol. The molecule has 0 aromatic heterocycles. The quantitative estimate of drug-likeness (QED) is 0.492. The Balaban J connectivity index is 2.33. The molecular formula is C5H9BrNO+. The average Bonchev–Trinajstić information content (AvgIpc) is 1.90. The van der Waals surface area contributed by atoms with Gasteiger partial charge < -0.3 is 4.74 Å². The highest BCUT2D eigenvalue weighted by molar-refractivity contribution is 9.17. The summed E-state index contributed by atoms with van der Waals surface area (Å²) in [6.45, 7) is 3.76. The first-order valence-corrected chi connectivity index (χ1v) is 3.60. The maximum Gasteiger partial charge on any atom is 0.206 e. The minimum atomic E-state index is 0.863. The molecule has 1 heterocycles. The van der Waals surface area contributed by atoms with Crippen molar-refractivity contribution in [2.75, 3.05) is 26.3 Å². The Kier molecular flexibility index (Phi) is 2.49. The van der Waals surface area contributed by atoms with Crippen LogP contribution in [0, 0.1) is 0 Å². The van der Waals surface area contributed by atoms with Gasteiger partial charge in [0.05, 0.1) is 0 Å². The van der Waals surface area contributed by atoms with Gasteiger partial charge in [-0.2, -0.15) is 0 Å². The van der Waals surface area contributed by atoms with E-state index in [2.05, 4.69) is 20.5 Å². The van der Waals surface area contributed by atoms with Crippen LogP contribution in [0.25, 0.3) is 0 Å². The Morgan fingerprint density at radius 1 is 1.38 bits per heavy atom. The molecule has 0 aliphatic carbocycles. The van der Waals surface area contributed by atoms with Crippen molar-refractivity contribution in [1.29, 1.82) is 0 Å². The molecule has 0 aromatic carbocycles. The summed E-state index contributed by atoms with van der Waals surface area (Å²) in [6.07, 6.45) is 0. The maximum absolute atomic E-state index is 5.12. The standard InChI is InChI=1S/C5H9BrNO/c6-5-7-1-3-8-4-2-7/h5H,1-4H2/q+1. The zero-order chi connectivity index (χ0) is 5.82. The Hall–Kier alpha value is 0.110. The summed E-state index contributed by atoms with van der Waals surface area (Å²) in [5.74, 6) is 0. The van der Waals surface area contributed by atoms with Gasteiger partial charge in [-0.1, -0.05) is 0 Å². The molecule has 0 spiro atoms. The van der Waals surface area contributed by atoms with Gasteiger partial charge in [-0.25, -0.2) is 4.58 Å². The van der Waals surface area contributed by atoms with Gasteiger partial charge in [0, 0.05) is 15.9 Å². The largest absolute Gasteiger partial charge is 0.368 e. The molecule has 1 fully saturated rings. The van der Waals surface area contributed by atoms with Crippen LogP contribution in [-0.2, 0) is 4.74 Å². The van der Waals surface area contributed by atoms with Crippen molar-refractivity contribution in [3.8, 4) is 0 Å². The van der Waals surface area contributed by atoms with E-state index in [1.807, 2.05) is 5.12 Å². The van der Waals surface area contributed by atoms with Crippen molar-refractivity contribution < 1.29 is 9.31 Å². The molecule has 46 valence electrons. The summed E-state index contributed by atoms with van der Waals surface area (Å²) in [5, 5.41) is 1.93. The summed E-state index contributed by atoms with van der Waals surface area (Å²) in [4.78, 5) is 0. The molecule has 0 unspecified atom stereocenters. The van der Waals surface area contributed by atoms with Crippen LogP contribution in [0.5, 0.6) is 0 Å². The van der Waals surface area contributed by atoms with Gasteiger partial charge in [0.15, 0.2) is 13.1 Å². The highest BCUT2D eigenvalue weighted by Crippen LogP contribution is 1.88. The molecule has 0 aromatic rings. The smallest absolute Gasteiger partial charge is 0.206 e. The number of ether oxygens (including phenoxy) is 1. The van der Waals surface area contributed by atoms with Gasteiger partial charge in [-0.05, 0) is 0 Å². The third-order valence-corrected chi connectivity index (χ3v) is 1.76. The molecule has 1 aliphatic rings. The molecule has 0 N–H and O–H groups in total. The third kappa shape index (κ3) is 1.56. The van der Waals surface area contributed by atoms with Crippen LogP contribution in [0.2, 0.25) is 0 Å². The molecule has 0 amide bonds. The van der Waals surface area contributed by atoms with Gasteiger partial charge in [0.25, 0.3) is 0 Å². The second-order valence-corrected chi connectivity index (χ2v) is 2.16. The topological polar surface area (TPSA) is 12.2 Å². The summed E-state index contributed by atoms with van der Waals surface area (Å²) >= 11 is 3.26. The zero-order valence-electron chi connectivity index (χ0n) is 4.64. The molecule has 1 saturated heterocycles. The number of nitrogens with zero attached hydrogens (tertiary/aromatic N) is 1. The summed E-state index contributed by atoms with van der Waals surface area (Å²) < 4.78 is 7.30. The van der Waals surface area contributed by atoms with Crippen LogP contribution in [-0.4, -0.2) is 36.0 Å². The van der Waals surface area contributed by atoms with E-state index in [9.17, 15) is 0 Å². The van der Waals surface area contributed by atoms with E-state index < -0.39 is 0 Å². The number of hydrogen-bond acceptors (Lipinski definition) is 1. The van der Waals surface area contributed by atoms with Crippen molar-refractivity contribution >= 4 is 21.1 Å². The van der Waals surface area contributed by atoms with Gasteiger partial charge in [0.2, 0.25) is 5.12 Å². The normalized spacial score (nSPS) is 20.9. The average molecular weight is 179 g/mol. The first kappa shape index (κ1) is 6.23. The lowest BCUT2D eigenvalue weighted by molar-refractivity contribution is -0.542. The van der Waals surface area contributed by atoms with Crippen molar-refractivity contribution in [3.63, 3.8) is 0 Å². The van der Waals surface area contributed by atoms with Gasteiger partial charge in [-0.15, -0.1) is 0 Å². The lowest BCUT2D eigenvalue weighted by atomic mass is 10.5. The Bertz CT molecular complexity index is 94.6. The number of morpholine rings is 1. The van der Waals surface area contributed by atoms with E-state index in [0.717, 1.165) is 26.3 Å². The molecule has 2 nitrogen and oxygen atoms in total. The summed E-state index contributed by atoms with van der Waals surface area (Å²) in [5.41, 5.74) is 0. The third-order valence-electron chi connectivity index (χ3n) is 1.18. The molecule has 0 saturated carbocycles. The van der Waals surface area contributed by atoms with Crippen LogP contribution >= 0.6 is 15.9 Å². The summed E-state index contributed by atoms with van der Waals surface area (Å²) in [6, 6.07) is 0. The first-order chi connectivity index (χ1) is 3.93. The Morgan fingerprint density at radius 2 is 2.00 bits per heavy atom. The van der Waals surface area contributed by atoms with Crippen molar-refractivity contribution in [2.24, 2.45) is 0 Å². The first-order valence-electron chi connectivity index (χ1n) is 2.69. The van der Waals surface area contributed by atoms with Gasteiger partial charge >= 0.3 is 0 Å². The lowest BCUT2D eigenvalue weighted by Crippen LogP contribution is -2.28. The van der Waals surface area contributed by atoms with Crippen molar-refractivity contribution in [3.05, 3.63) is 0 Å². The fourth-order valence-corrected chi connectivity index (χ4v) is 1.08. The number of hydrogen-bond donors (Lipinski definition) is 0. The predicted molar refractivity (Wildman–Crippen MR) is 35.8 cm³/mol. The second kappa shape index (κ2) is 3.20. The molecular weight excluding hydrogens is 170 g/mol. The van der Waals surface area contributed by atoms with Crippen molar-refractivity contribution in [1.82, 2.24) is 0 Å². The van der Waals surface area contributed by atoms with Crippen molar-refractivity contribution in [2.45, 2.75) is 0 Å². The predicted octanol–water partition coefficient (Wildman–Crippen LogP) is 0.452. The minimum absolute atomic E-state index is 0.863. The molecule has 8 heavy (non-hydrogen) atoms. The molecule has 0 radical (unpaired) electrons.